The highest BCUT2D eigenvalue weighted by Crippen LogP contribution is 2.38. The smallest absolute Gasteiger partial charge is 0.314 e. The summed E-state index contributed by atoms with van der Waals surface area (Å²) in [5.74, 6) is -0.666. The van der Waals surface area contributed by atoms with Gasteiger partial charge in [0.25, 0.3) is 0 Å². The van der Waals surface area contributed by atoms with Crippen molar-refractivity contribution < 1.29 is 18.8 Å². The molecule has 0 unspecified atom stereocenters. The maximum atomic E-state index is 13.5. The highest BCUT2D eigenvalue weighted by atomic mass is 79.9. The van der Waals surface area contributed by atoms with E-state index in [9.17, 15) is 14.5 Å². The van der Waals surface area contributed by atoms with Gasteiger partial charge in [-0.15, -0.1) is 0 Å². The first kappa shape index (κ1) is 14.3. The summed E-state index contributed by atoms with van der Waals surface area (Å²) in [5, 5.41) is 11.0. The Labute approximate surface area is 122 Å². The molecule has 2 rings (SSSR count). The Hall–Kier alpha value is -2.15. The molecule has 0 spiro atoms. The molecule has 0 heterocycles. The minimum Gasteiger partial charge on any atom is -0.494 e. The molecule has 20 heavy (non-hydrogen) atoms. The number of benzene rings is 2. The number of ether oxygens (including phenoxy) is 2. The molecule has 2 aromatic carbocycles. The predicted octanol–water partition coefficient (Wildman–Crippen LogP) is 4.30. The van der Waals surface area contributed by atoms with Crippen LogP contribution in [0, 0.1) is 15.9 Å². The molecule has 0 aliphatic heterocycles. The molecular weight excluding hydrogens is 333 g/mol. The zero-order valence-corrected chi connectivity index (χ0v) is 11.9. The Morgan fingerprint density at radius 1 is 1.20 bits per heavy atom. The van der Waals surface area contributed by atoms with Crippen molar-refractivity contribution in [2.75, 3.05) is 7.11 Å². The molecule has 0 aliphatic carbocycles. The molecule has 0 aromatic heterocycles. The summed E-state index contributed by atoms with van der Waals surface area (Å²) < 4.78 is 24.4. The average molecular weight is 342 g/mol. The number of halogens is 2. The second kappa shape index (κ2) is 5.87. The molecule has 0 saturated carbocycles. The van der Waals surface area contributed by atoms with Gasteiger partial charge in [-0.05, 0) is 28.1 Å². The lowest BCUT2D eigenvalue weighted by Gasteiger charge is -2.10. The van der Waals surface area contributed by atoms with Crippen molar-refractivity contribution in [1.82, 2.24) is 0 Å². The Kier molecular flexibility index (Phi) is 4.19. The highest BCUT2D eigenvalue weighted by Gasteiger charge is 2.21. The van der Waals surface area contributed by atoms with Crippen LogP contribution in [0.1, 0.15) is 0 Å². The molecule has 5 nitrogen and oxygen atoms in total. The van der Waals surface area contributed by atoms with Crippen molar-refractivity contribution in [2.24, 2.45) is 0 Å². The number of hydrogen-bond acceptors (Lipinski definition) is 4. The maximum absolute atomic E-state index is 13.5. The fraction of sp³-hybridized carbons (Fsp3) is 0.0769. The van der Waals surface area contributed by atoms with Gasteiger partial charge in [0.05, 0.1) is 22.6 Å². The van der Waals surface area contributed by atoms with Gasteiger partial charge in [-0.1, -0.05) is 12.1 Å². The summed E-state index contributed by atoms with van der Waals surface area (Å²) >= 11 is 3.27. The van der Waals surface area contributed by atoms with Crippen LogP contribution in [0.2, 0.25) is 0 Å². The molecule has 0 fully saturated rings. The SMILES string of the molecule is COc1cc(Oc2ccccc2Br)c([N+](=O)[O-])cc1F. The normalized spacial score (nSPS) is 10.2. The van der Waals surface area contributed by atoms with Gasteiger partial charge in [0.2, 0.25) is 5.75 Å². The van der Waals surface area contributed by atoms with Crippen LogP contribution in [0.15, 0.2) is 40.9 Å². The van der Waals surface area contributed by atoms with Crippen LogP contribution in [-0.2, 0) is 0 Å². The van der Waals surface area contributed by atoms with E-state index in [0.29, 0.717) is 10.2 Å². The van der Waals surface area contributed by atoms with Crippen LogP contribution >= 0.6 is 15.9 Å². The predicted molar refractivity (Wildman–Crippen MR) is 73.8 cm³/mol. The van der Waals surface area contributed by atoms with Crippen molar-refractivity contribution in [1.29, 1.82) is 0 Å². The molecule has 7 heteroatoms. The molecule has 0 radical (unpaired) electrons. The van der Waals surface area contributed by atoms with Crippen molar-refractivity contribution in [3.63, 3.8) is 0 Å². The lowest BCUT2D eigenvalue weighted by molar-refractivity contribution is -0.385. The van der Waals surface area contributed by atoms with E-state index >= 15 is 0 Å². The van der Waals surface area contributed by atoms with Crippen LogP contribution < -0.4 is 9.47 Å². The van der Waals surface area contributed by atoms with Crippen molar-refractivity contribution in [2.45, 2.75) is 0 Å². The first-order valence-corrected chi connectivity index (χ1v) is 6.26. The lowest BCUT2D eigenvalue weighted by Crippen LogP contribution is -1.97. The number of methoxy groups -OCH3 is 1. The van der Waals surface area contributed by atoms with Crippen LogP contribution in [0.3, 0.4) is 0 Å². The molecule has 2 aromatic rings. The third-order valence-corrected chi connectivity index (χ3v) is 3.14. The van der Waals surface area contributed by atoms with Gasteiger partial charge in [0.15, 0.2) is 11.6 Å². The van der Waals surface area contributed by atoms with E-state index in [-0.39, 0.29) is 11.5 Å². The fourth-order valence-electron chi connectivity index (χ4n) is 1.55. The summed E-state index contributed by atoms with van der Waals surface area (Å²) in [6, 6.07) is 8.76. The average Bonchev–Trinajstić information content (AvgIpc) is 2.42. The lowest BCUT2D eigenvalue weighted by atomic mass is 10.2. The Balaban J connectivity index is 2.49. The van der Waals surface area contributed by atoms with E-state index in [1.807, 2.05) is 0 Å². The minimum absolute atomic E-state index is 0.0971. The summed E-state index contributed by atoms with van der Waals surface area (Å²) in [7, 11) is 1.27. The number of para-hydroxylation sites is 1. The Bertz CT molecular complexity index is 663. The first-order valence-electron chi connectivity index (χ1n) is 5.47. The monoisotopic (exact) mass is 341 g/mol. The van der Waals surface area contributed by atoms with Crippen LogP contribution in [0.5, 0.6) is 17.2 Å². The summed E-state index contributed by atoms with van der Waals surface area (Å²) in [5.41, 5.74) is -0.473. The van der Waals surface area contributed by atoms with E-state index in [2.05, 4.69) is 15.9 Å². The Morgan fingerprint density at radius 3 is 2.50 bits per heavy atom. The van der Waals surface area contributed by atoms with Crippen molar-refractivity contribution >= 4 is 21.6 Å². The van der Waals surface area contributed by atoms with Gasteiger partial charge in [-0.2, -0.15) is 0 Å². The third-order valence-electron chi connectivity index (χ3n) is 2.49. The second-order valence-electron chi connectivity index (χ2n) is 3.74. The molecule has 0 atom stereocenters. The maximum Gasteiger partial charge on any atom is 0.314 e. The van der Waals surface area contributed by atoms with Gasteiger partial charge < -0.3 is 9.47 Å². The zero-order valence-electron chi connectivity index (χ0n) is 10.3. The van der Waals surface area contributed by atoms with Gasteiger partial charge in [0.1, 0.15) is 5.75 Å². The molecular formula is C13H9BrFNO4. The quantitative estimate of drug-likeness (QED) is 0.614. The molecule has 104 valence electrons. The van der Waals surface area contributed by atoms with Crippen molar-refractivity contribution in [3.05, 3.63) is 56.8 Å². The van der Waals surface area contributed by atoms with Crippen LogP contribution in [0.25, 0.3) is 0 Å². The molecule has 0 saturated heterocycles. The molecule has 0 bridgehead atoms. The summed E-state index contributed by atoms with van der Waals surface area (Å²) in [6.07, 6.45) is 0. The van der Waals surface area contributed by atoms with E-state index in [0.717, 1.165) is 12.1 Å². The van der Waals surface area contributed by atoms with Gasteiger partial charge in [0, 0.05) is 6.07 Å². The van der Waals surface area contributed by atoms with E-state index in [1.165, 1.54) is 7.11 Å². The highest BCUT2D eigenvalue weighted by molar-refractivity contribution is 9.10. The van der Waals surface area contributed by atoms with Gasteiger partial charge in [-0.3, -0.25) is 10.1 Å². The van der Waals surface area contributed by atoms with E-state index in [1.54, 1.807) is 24.3 Å². The zero-order chi connectivity index (χ0) is 14.7. The minimum atomic E-state index is -0.821. The van der Waals surface area contributed by atoms with Crippen LogP contribution in [-0.4, -0.2) is 12.0 Å². The number of nitro groups is 1. The van der Waals surface area contributed by atoms with E-state index in [4.69, 9.17) is 9.47 Å². The number of nitro benzene ring substituents is 1. The van der Waals surface area contributed by atoms with Crippen molar-refractivity contribution in [3.8, 4) is 17.2 Å². The molecule has 0 aliphatic rings. The van der Waals surface area contributed by atoms with Gasteiger partial charge >= 0.3 is 5.69 Å². The summed E-state index contributed by atoms with van der Waals surface area (Å²) in [4.78, 5) is 10.2. The fourth-order valence-corrected chi connectivity index (χ4v) is 1.92. The molecule has 0 amide bonds. The number of nitrogens with zero attached hydrogens (tertiary/aromatic N) is 1. The first-order chi connectivity index (χ1) is 9.52. The largest absolute Gasteiger partial charge is 0.494 e. The number of hydrogen-bond donors (Lipinski definition) is 0. The number of rotatable bonds is 4. The topological polar surface area (TPSA) is 61.6 Å². The standard InChI is InChI=1S/C13H9BrFNO4/c1-19-12-7-13(10(16(17)18)6-9(12)15)20-11-5-3-2-4-8(11)14/h2-7H,1H3. The Morgan fingerprint density at radius 2 is 1.90 bits per heavy atom. The third kappa shape index (κ3) is 2.88. The van der Waals surface area contributed by atoms with E-state index < -0.39 is 16.4 Å². The molecule has 0 N–H and O–H groups in total. The van der Waals surface area contributed by atoms with Gasteiger partial charge in [-0.25, -0.2) is 4.39 Å². The van der Waals surface area contributed by atoms with Crippen LogP contribution in [0.4, 0.5) is 10.1 Å². The second-order valence-corrected chi connectivity index (χ2v) is 4.60. The summed E-state index contributed by atoms with van der Waals surface area (Å²) in [6.45, 7) is 0.